The van der Waals surface area contributed by atoms with Crippen LogP contribution < -0.4 is 0 Å². The fraction of sp³-hybridized carbons (Fsp3) is 0.889. The molecule has 1 N–H and O–H groups in total. The standard InChI is InChI=1S/C9H14O5.Y/c1-9(2)13-7-6(11)5(3-4-10)12-8(7)14-9;/h5,7-8,10H,3-4H2,1-2H3;/t5-,7+,8-;/m1./s1. The molecular weight excluding hydrogens is 277 g/mol. The minimum absolute atomic E-state index is 0. The average molecular weight is 291 g/mol. The van der Waals surface area contributed by atoms with Crippen LogP contribution >= 0.6 is 0 Å². The van der Waals surface area contributed by atoms with Crippen molar-refractivity contribution in [3.8, 4) is 0 Å². The van der Waals surface area contributed by atoms with E-state index in [9.17, 15) is 4.79 Å². The number of aliphatic hydroxyl groups excluding tert-OH is 1. The van der Waals surface area contributed by atoms with Crippen molar-refractivity contribution in [2.75, 3.05) is 6.61 Å². The van der Waals surface area contributed by atoms with Crippen LogP contribution in [0.25, 0.3) is 0 Å². The Balaban J connectivity index is 0.00000112. The number of rotatable bonds is 2. The van der Waals surface area contributed by atoms with Gasteiger partial charge in [-0.1, -0.05) is 0 Å². The first-order valence-corrected chi connectivity index (χ1v) is 4.69. The Morgan fingerprint density at radius 1 is 1.40 bits per heavy atom. The predicted molar refractivity (Wildman–Crippen MR) is 45.4 cm³/mol. The maximum atomic E-state index is 11.6. The summed E-state index contributed by atoms with van der Waals surface area (Å²) >= 11 is 0. The van der Waals surface area contributed by atoms with E-state index in [2.05, 4.69) is 0 Å². The molecule has 3 atom stereocenters. The maximum absolute atomic E-state index is 11.6. The molecule has 15 heavy (non-hydrogen) atoms. The van der Waals surface area contributed by atoms with Crippen LogP contribution in [0.2, 0.25) is 0 Å². The molecule has 2 heterocycles. The Morgan fingerprint density at radius 2 is 2.07 bits per heavy atom. The molecule has 6 heteroatoms. The number of hydrogen-bond donors (Lipinski definition) is 1. The van der Waals surface area contributed by atoms with Crippen LogP contribution in [-0.4, -0.2) is 41.8 Å². The van der Waals surface area contributed by atoms with Crippen molar-refractivity contribution in [1.29, 1.82) is 0 Å². The maximum Gasteiger partial charge on any atom is 0.195 e. The van der Waals surface area contributed by atoms with Gasteiger partial charge in [0.25, 0.3) is 0 Å². The zero-order valence-corrected chi connectivity index (χ0v) is 11.6. The first-order valence-electron chi connectivity index (χ1n) is 4.69. The summed E-state index contributed by atoms with van der Waals surface area (Å²) in [5.41, 5.74) is 0. The van der Waals surface area contributed by atoms with E-state index in [-0.39, 0.29) is 45.1 Å². The summed E-state index contributed by atoms with van der Waals surface area (Å²) in [5, 5.41) is 8.70. The van der Waals surface area contributed by atoms with Crippen molar-refractivity contribution in [3.05, 3.63) is 0 Å². The van der Waals surface area contributed by atoms with Crippen LogP contribution in [0.15, 0.2) is 0 Å². The third-order valence-electron chi connectivity index (χ3n) is 2.35. The van der Waals surface area contributed by atoms with Crippen LogP contribution in [0.4, 0.5) is 0 Å². The summed E-state index contributed by atoms with van der Waals surface area (Å²) in [7, 11) is 0. The molecule has 2 aliphatic rings. The molecule has 0 amide bonds. The fourth-order valence-corrected chi connectivity index (χ4v) is 1.76. The SMILES string of the molecule is CC1(C)O[C@H]2O[C@H](CCO)C(=O)[C@@H]2O1.[Y]. The van der Waals surface area contributed by atoms with Crippen LogP contribution in [0.5, 0.6) is 0 Å². The van der Waals surface area contributed by atoms with Crippen molar-refractivity contribution in [2.45, 2.75) is 44.6 Å². The summed E-state index contributed by atoms with van der Waals surface area (Å²) in [5.74, 6) is -0.885. The molecule has 2 fully saturated rings. The molecule has 5 nitrogen and oxygen atoms in total. The minimum Gasteiger partial charge on any atom is -0.396 e. The molecule has 0 aromatic rings. The van der Waals surface area contributed by atoms with Gasteiger partial charge in [0.1, 0.15) is 6.10 Å². The topological polar surface area (TPSA) is 65.0 Å². The van der Waals surface area contributed by atoms with Crippen LogP contribution in [-0.2, 0) is 51.7 Å². The number of carbonyl (C=O) groups excluding carboxylic acids is 1. The van der Waals surface area contributed by atoms with Crippen molar-refractivity contribution < 1.29 is 56.8 Å². The van der Waals surface area contributed by atoms with Gasteiger partial charge in [0.15, 0.2) is 24.0 Å². The number of ether oxygens (including phenoxy) is 3. The molecule has 0 unspecified atom stereocenters. The van der Waals surface area contributed by atoms with Gasteiger partial charge in [0, 0.05) is 45.7 Å². The number of fused-ring (bicyclic) bond motifs is 1. The third kappa shape index (κ3) is 2.65. The van der Waals surface area contributed by atoms with E-state index in [0.717, 1.165) is 0 Å². The summed E-state index contributed by atoms with van der Waals surface area (Å²) < 4.78 is 16.1. The van der Waals surface area contributed by atoms with Gasteiger partial charge in [-0.05, 0) is 13.8 Å². The van der Waals surface area contributed by atoms with E-state index in [1.165, 1.54) is 0 Å². The smallest absolute Gasteiger partial charge is 0.195 e. The predicted octanol–water partition coefficient (Wildman–Crippen LogP) is -0.188. The first-order chi connectivity index (χ1) is 6.53. The Kier molecular flexibility index (Phi) is 4.43. The van der Waals surface area contributed by atoms with Crippen molar-refractivity contribution in [1.82, 2.24) is 0 Å². The molecule has 0 saturated carbocycles. The molecule has 2 rings (SSSR count). The average Bonchev–Trinajstić information content (AvgIpc) is 2.50. The summed E-state index contributed by atoms with van der Waals surface area (Å²) in [6.07, 6.45) is -1.50. The molecule has 0 aromatic carbocycles. The minimum atomic E-state index is -0.755. The van der Waals surface area contributed by atoms with Gasteiger partial charge >= 0.3 is 0 Å². The van der Waals surface area contributed by atoms with Gasteiger partial charge in [-0.3, -0.25) is 4.79 Å². The molecule has 83 valence electrons. The van der Waals surface area contributed by atoms with Gasteiger partial charge in [-0.2, -0.15) is 0 Å². The monoisotopic (exact) mass is 291 g/mol. The number of ketones is 1. The van der Waals surface area contributed by atoms with Crippen LogP contribution in [0.3, 0.4) is 0 Å². The van der Waals surface area contributed by atoms with Gasteiger partial charge in [0.2, 0.25) is 0 Å². The molecule has 0 aliphatic carbocycles. The quantitative estimate of drug-likeness (QED) is 0.764. The van der Waals surface area contributed by atoms with E-state index in [1.54, 1.807) is 13.8 Å². The molecule has 2 saturated heterocycles. The molecular formula is C9H14O5Y. The normalized spacial score (nSPS) is 37.5. The molecule has 0 spiro atoms. The molecule has 0 aromatic heterocycles. The van der Waals surface area contributed by atoms with E-state index in [1.807, 2.05) is 0 Å². The van der Waals surface area contributed by atoms with Crippen molar-refractivity contribution in [2.24, 2.45) is 0 Å². The zero-order chi connectivity index (χ0) is 10.3. The largest absolute Gasteiger partial charge is 0.396 e. The summed E-state index contributed by atoms with van der Waals surface area (Å²) in [6, 6.07) is 0. The van der Waals surface area contributed by atoms with Crippen LogP contribution in [0.1, 0.15) is 20.3 Å². The van der Waals surface area contributed by atoms with Gasteiger partial charge < -0.3 is 19.3 Å². The molecule has 2 aliphatic heterocycles. The van der Waals surface area contributed by atoms with Gasteiger partial charge in [-0.25, -0.2) is 0 Å². The number of aliphatic hydroxyl groups is 1. The Morgan fingerprint density at radius 3 is 2.60 bits per heavy atom. The second kappa shape index (κ2) is 4.86. The second-order valence-corrected chi connectivity index (χ2v) is 3.96. The third-order valence-corrected chi connectivity index (χ3v) is 2.35. The summed E-state index contributed by atoms with van der Waals surface area (Å²) in [4.78, 5) is 11.6. The molecule has 0 bridgehead atoms. The van der Waals surface area contributed by atoms with Gasteiger partial charge in [0.05, 0.1) is 0 Å². The molecule has 1 radical (unpaired) electrons. The van der Waals surface area contributed by atoms with Crippen molar-refractivity contribution in [3.63, 3.8) is 0 Å². The van der Waals surface area contributed by atoms with E-state index in [4.69, 9.17) is 19.3 Å². The first kappa shape index (κ1) is 13.7. The van der Waals surface area contributed by atoms with Crippen molar-refractivity contribution >= 4 is 5.78 Å². The van der Waals surface area contributed by atoms with E-state index >= 15 is 0 Å². The van der Waals surface area contributed by atoms with E-state index < -0.39 is 24.3 Å². The Bertz CT molecular complexity index is 255. The Labute approximate surface area is 113 Å². The van der Waals surface area contributed by atoms with E-state index in [0.29, 0.717) is 6.42 Å². The number of carbonyl (C=O) groups is 1. The Hall–Kier alpha value is 0.614. The fourth-order valence-electron chi connectivity index (χ4n) is 1.76. The zero-order valence-electron chi connectivity index (χ0n) is 8.80. The number of hydrogen-bond acceptors (Lipinski definition) is 5. The van der Waals surface area contributed by atoms with Crippen LogP contribution in [0, 0.1) is 0 Å². The second-order valence-electron chi connectivity index (χ2n) is 3.96. The van der Waals surface area contributed by atoms with Gasteiger partial charge in [-0.15, -0.1) is 0 Å². The summed E-state index contributed by atoms with van der Waals surface area (Å²) in [6.45, 7) is 3.41. The number of Topliss-reactive ketones (excluding diaryl/α,β-unsaturated/α-hetero) is 1.